The van der Waals surface area contributed by atoms with Crippen LogP contribution in [0.1, 0.15) is 19.8 Å². The molecule has 114 valence electrons. The molecule has 3 N–H and O–H groups in total. The summed E-state index contributed by atoms with van der Waals surface area (Å²) in [5.74, 6) is -1.73. The molecule has 21 heavy (non-hydrogen) atoms. The molecule has 0 aromatic heterocycles. The molecule has 0 saturated heterocycles. The first-order valence-electron chi connectivity index (χ1n) is 6.45. The highest BCUT2D eigenvalue weighted by molar-refractivity contribution is 5.95. The van der Waals surface area contributed by atoms with Crippen molar-refractivity contribution in [3.05, 3.63) is 34.4 Å². The Morgan fingerprint density at radius 2 is 2.05 bits per heavy atom. The van der Waals surface area contributed by atoms with Gasteiger partial charge in [-0.1, -0.05) is 19.1 Å². The van der Waals surface area contributed by atoms with Gasteiger partial charge in [-0.2, -0.15) is 0 Å². The Hall–Kier alpha value is -2.48. The summed E-state index contributed by atoms with van der Waals surface area (Å²) in [6.45, 7) is 2.34. The maximum atomic E-state index is 11.8. The number of amides is 1. The van der Waals surface area contributed by atoms with Crippen LogP contribution in [0, 0.1) is 10.1 Å². The van der Waals surface area contributed by atoms with Crippen molar-refractivity contribution >= 4 is 23.3 Å². The predicted octanol–water partition coefficient (Wildman–Crippen LogP) is 1.38. The number of carbonyl (C=O) groups is 2. The van der Waals surface area contributed by atoms with Gasteiger partial charge in [-0.3, -0.25) is 19.7 Å². The Bertz CT molecular complexity index is 532. The second kappa shape index (κ2) is 7.95. The van der Waals surface area contributed by atoms with Gasteiger partial charge in [-0.25, -0.2) is 0 Å². The van der Waals surface area contributed by atoms with E-state index in [2.05, 4.69) is 10.6 Å². The third kappa shape index (κ3) is 5.19. The number of anilines is 1. The molecule has 0 aliphatic carbocycles. The Labute approximate surface area is 121 Å². The second-order valence-corrected chi connectivity index (χ2v) is 4.37. The fourth-order valence-corrected chi connectivity index (χ4v) is 1.69. The van der Waals surface area contributed by atoms with Gasteiger partial charge in [0.1, 0.15) is 11.7 Å². The average molecular weight is 295 g/mol. The zero-order valence-corrected chi connectivity index (χ0v) is 11.5. The number of aliphatic carboxylic acids is 1. The molecule has 8 nitrogen and oxygen atoms in total. The maximum Gasteiger partial charge on any atom is 0.321 e. The molecule has 0 radical (unpaired) electrons. The van der Waals surface area contributed by atoms with Gasteiger partial charge >= 0.3 is 5.97 Å². The van der Waals surface area contributed by atoms with E-state index in [4.69, 9.17) is 5.11 Å². The van der Waals surface area contributed by atoms with Gasteiger partial charge in [-0.15, -0.1) is 0 Å². The van der Waals surface area contributed by atoms with E-state index < -0.39 is 22.8 Å². The molecular formula is C13H17N3O5. The molecule has 0 fully saturated rings. The first-order valence-corrected chi connectivity index (χ1v) is 6.45. The van der Waals surface area contributed by atoms with E-state index >= 15 is 0 Å². The number of nitro benzene ring substituents is 1. The molecule has 0 bridgehead atoms. The summed E-state index contributed by atoms with van der Waals surface area (Å²) in [7, 11) is 0. The third-order valence-corrected chi connectivity index (χ3v) is 2.70. The molecule has 1 atom stereocenters. The number of nitrogens with one attached hydrogen (secondary N) is 2. The average Bonchev–Trinajstić information content (AvgIpc) is 2.43. The van der Waals surface area contributed by atoms with E-state index in [0.717, 1.165) is 6.42 Å². The van der Waals surface area contributed by atoms with Crippen LogP contribution in [0.15, 0.2) is 24.3 Å². The number of carbonyl (C=O) groups excluding carboxylic acids is 1. The lowest BCUT2D eigenvalue weighted by Gasteiger charge is -2.13. The van der Waals surface area contributed by atoms with Crippen LogP contribution in [0.5, 0.6) is 0 Å². The van der Waals surface area contributed by atoms with E-state index in [0.29, 0.717) is 6.54 Å². The molecule has 1 rings (SSSR count). The minimum absolute atomic E-state index is 0.0483. The summed E-state index contributed by atoms with van der Waals surface area (Å²) in [4.78, 5) is 33.1. The number of nitro groups is 1. The fourth-order valence-electron chi connectivity index (χ4n) is 1.69. The number of hydrogen-bond acceptors (Lipinski definition) is 5. The summed E-state index contributed by atoms with van der Waals surface area (Å²) in [5, 5.41) is 24.9. The highest BCUT2D eigenvalue weighted by atomic mass is 16.6. The van der Waals surface area contributed by atoms with Crippen molar-refractivity contribution in [2.24, 2.45) is 0 Å². The van der Waals surface area contributed by atoms with Crippen molar-refractivity contribution in [3.63, 3.8) is 0 Å². The lowest BCUT2D eigenvalue weighted by molar-refractivity contribution is -0.383. The van der Waals surface area contributed by atoms with Gasteiger partial charge in [0.25, 0.3) is 5.69 Å². The van der Waals surface area contributed by atoms with Gasteiger partial charge in [0.2, 0.25) is 5.91 Å². The Balaban J connectivity index is 2.72. The first kappa shape index (κ1) is 16.6. The van der Waals surface area contributed by atoms with E-state index in [1.807, 2.05) is 6.92 Å². The number of carboxylic acid groups (broad SMARTS) is 1. The van der Waals surface area contributed by atoms with Crippen LogP contribution < -0.4 is 10.6 Å². The number of para-hydroxylation sites is 2. The van der Waals surface area contributed by atoms with Crippen molar-refractivity contribution in [3.8, 4) is 0 Å². The fraction of sp³-hybridized carbons (Fsp3) is 0.385. The minimum Gasteiger partial charge on any atom is -0.480 e. The minimum atomic E-state index is -1.14. The van der Waals surface area contributed by atoms with Gasteiger partial charge in [-0.05, 0) is 19.0 Å². The predicted molar refractivity (Wildman–Crippen MR) is 76.1 cm³/mol. The highest BCUT2D eigenvalue weighted by Gasteiger charge is 2.22. The van der Waals surface area contributed by atoms with Gasteiger partial charge in [0.05, 0.1) is 11.3 Å². The molecule has 1 amide bonds. The summed E-state index contributed by atoms with van der Waals surface area (Å²) in [6, 6.07) is 4.67. The zero-order valence-electron chi connectivity index (χ0n) is 11.5. The molecule has 0 saturated carbocycles. The lowest BCUT2D eigenvalue weighted by Crippen LogP contribution is -2.40. The summed E-state index contributed by atoms with van der Waals surface area (Å²) >= 11 is 0. The van der Waals surface area contributed by atoms with Crippen molar-refractivity contribution < 1.29 is 19.6 Å². The molecule has 8 heteroatoms. The van der Waals surface area contributed by atoms with Crippen molar-refractivity contribution in [1.29, 1.82) is 0 Å². The SMILES string of the molecule is CCCNC(CC(=O)Nc1ccccc1[N+](=O)[O-])C(=O)O. The molecule has 1 unspecified atom stereocenters. The lowest BCUT2D eigenvalue weighted by atomic mass is 10.2. The second-order valence-electron chi connectivity index (χ2n) is 4.37. The molecule has 0 heterocycles. The summed E-state index contributed by atoms with van der Waals surface area (Å²) in [5.41, 5.74) is -0.189. The van der Waals surface area contributed by atoms with Crippen LogP contribution >= 0.6 is 0 Å². The Morgan fingerprint density at radius 1 is 1.38 bits per heavy atom. The molecule has 0 aliphatic rings. The number of rotatable bonds is 8. The van der Waals surface area contributed by atoms with Gasteiger partial charge < -0.3 is 15.7 Å². The quantitative estimate of drug-likeness (QED) is 0.492. The van der Waals surface area contributed by atoms with Gasteiger partial charge in [0.15, 0.2) is 0 Å². The standard InChI is InChI=1S/C13H17N3O5/c1-2-7-14-10(13(18)19)8-12(17)15-9-5-3-4-6-11(9)16(20)21/h3-6,10,14H,2,7-8H2,1H3,(H,15,17)(H,18,19). The smallest absolute Gasteiger partial charge is 0.321 e. The molecule has 1 aromatic rings. The van der Waals surface area contributed by atoms with E-state index in [9.17, 15) is 19.7 Å². The molecular weight excluding hydrogens is 278 g/mol. The Morgan fingerprint density at radius 3 is 2.62 bits per heavy atom. The van der Waals surface area contributed by atoms with Crippen LogP contribution in [-0.2, 0) is 9.59 Å². The maximum absolute atomic E-state index is 11.8. The van der Waals surface area contributed by atoms with Crippen molar-refractivity contribution in [2.45, 2.75) is 25.8 Å². The first-order chi connectivity index (χ1) is 9.95. The number of hydrogen-bond donors (Lipinski definition) is 3. The largest absolute Gasteiger partial charge is 0.480 e. The van der Waals surface area contributed by atoms with E-state index in [-0.39, 0.29) is 17.8 Å². The van der Waals surface area contributed by atoms with Crippen LogP contribution in [0.4, 0.5) is 11.4 Å². The van der Waals surface area contributed by atoms with Gasteiger partial charge in [0, 0.05) is 6.07 Å². The molecule has 0 aliphatic heterocycles. The Kier molecular flexibility index (Phi) is 6.28. The summed E-state index contributed by atoms with van der Waals surface area (Å²) < 4.78 is 0. The van der Waals surface area contributed by atoms with Crippen LogP contribution in [0.2, 0.25) is 0 Å². The topological polar surface area (TPSA) is 122 Å². The van der Waals surface area contributed by atoms with Crippen LogP contribution in [-0.4, -0.2) is 34.5 Å². The highest BCUT2D eigenvalue weighted by Crippen LogP contribution is 2.23. The van der Waals surface area contributed by atoms with E-state index in [1.165, 1.54) is 18.2 Å². The van der Waals surface area contributed by atoms with Crippen molar-refractivity contribution in [1.82, 2.24) is 5.32 Å². The summed E-state index contributed by atoms with van der Waals surface area (Å²) in [6.07, 6.45) is 0.428. The van der Waals surface area contributed by atoms with E-state index in [1.54, 1.807) is 6.07 Å². The van der Waals surface area contributed by atoms with Crippen LogP contribution in [0.3, 0.4) is 0 Å². The van der Waals surface area contributed by atoms with Crippen LogP contribution in [0.25, 0.3) is 0 Å². The van der Waals surface area contributed by atoms with Crippen molar-refractivity contribution in [2.75, 3.05) is 11.9 Å². The zero-order chi connectivity index (χ0) is 15.8. The number of benzene rings is 1. The normalized spacial score (nSPS) is 11.7. The monoisotopic (exact) mass is 295 g/mol. The third-order valence-electron chi connectivity index (χ3n) is 2.70. The number of carboxylic acids is 1. The molecule has 1 aromatic carbocycles. The number of nitrogens with zero attached hydrogens (tertiary/aromatic N) is 1. The molecule has 0 spiro atoms.